The second kappa shape index (κ2) is 9.41. The monoisotopic (exact) mass is 503 g/mol. The fourth-order valence-corrected chi connectivity index (χ4v) is 4.62. The predicted molar refractivity (Wildman–Crippen MR) is 130 cm³/mol. The van der Waals surface area contributed by atoms with Gasteiger partial charge in [-0.05, 0) is 57.9 Å². The zero-order valence-electron chi connectivity index (χ0n) is 20.8. The number of ether oxygens (including phenoxy) is 2. The summed E-state index contributed by atoms with van der Waals surface area (Å²) < 4.78 is 27.4. The van der Waals surface area contributed by atoms with E-state index in [-0.39, 0.29) is 40.5 Å². The number of pyridine rings is 1. The number of fused-ring (bicyclic) bond motifs is 1. The number of carbonyl (C=O) groups excluding carboxylic acids is 2. The second-order valence-electron chi connectivity index (χ2n) is 10.1. The van der Waals surface area contributed by atoms with Crippen molar-refractivity contribution in [2.75, 3.05) is 13.2 Å². The fourth-order valence-electron chi connectivity index (χ4n) is 4.62. The summed E-state index contributed by atoms with van der Waals surface area (Å²) in [6, 6.07) is 9.63. The number of nitriles is 1. The molecule has 10 heteroatoms. The number of imide groups is 1. The highest BCUT2D eigenvalue weighted by Gasteiger charge is 2.39. The van der Waals surface area contributed by atoms with Crippen LogP contribution in [0.4, 0.5) is 9.18 Å². The Morgan fingerprint density at radius 1 is 1.22 bits per heavy atom. The van der Waals surface area contributed by atoms with Gasteiger partial charge in [0, 0.05) is 25.3 Å². The average molecular weight is 504 g/mol. The van der Waals surface area contributed by atoms with Crippen LogP contribution in [0.25, 0.3) is 16.9 Å². The lowest BCUT2D eigenvalue weighted by Gasteiger charge is -2.23. The molecule has 0 bridgehead atoms. The molecular weight excluding hydrogens is 477 g/mol. The van der Waals surface area contributed by atoms with Crippen LogP contribution in [0, 0.1) is 17.1 Å². The van der Waals surface area contributed by atoms with Gasteiger partial charge in [0.05, 0.1) is 52.1 Å². The van der Waals surface area contributed by atoms with E-state index in [1.54, 1.807) is 31.6 Å². The molecule has 0 atom stereocenters. The van der Waals surface area contributed by atoms with Crippen molar-refractivity contribution in [1.82, 2.24) is 19.7 Å². The first-order valence-electron chi connectivity index (χ1n) is 12.1. The zero-order valence-corrected chi connectivity index (χ0v) is 20.8. The Hall–Kier alpha value is -4.10. The number of hydrogen-bond acceptors (Lipinski definition) is 7. The molecule has 2 amide bonds. The van der Waals surface area contributed by atoms with Gasteiger partial charge in [-0.1, -0.05) is 6.07 Å². The van der Waals surface area contributed by atoms with Gasteiger partial charge in [-0.25, -0.2) is 23.8 Å². The minimum Gasteiger partial charge on any atom is -0.443 e. The van der Waals surface area contributed by atoms with Crippen LogP contribution in [0.1, 0.15) is 66.8 Å². The maximum Gasteiger partial charge on any atom is 0.417 e. The van der Waals surface area contributed by atoms with Crippen LogP contribution in [0.3, 0.4) is 0 Å². The lowest BCUT2D eigenvalue weighted by Crippen LogP contribution is -2.37. The first kappa shape index (κ1) is 24.6. The molecule has 190 valence electrons. The van der Waals surface area contributed by atoms with Gasteiger partial charge in [-0.2, -0.15) is 10.4 Å². The molecule has 0 aliphatic carbocycles. The van der Waals surface area contributed by atoms with Gasteiger partial charge in [-0.15, -0.1) is 0 Å². The minimum absolute atomic E-state index is 0.0222. The quantitative estimate of drug-likeness (QED) is 0.508. The van der Waals surface area contributed by atoms with Gasteiger partial charge in [0.1, 0.15) is 11.4 Å². The Bertz CT molecular complexity index is 1430. The molecule has 2 aliphatic rings. The van der Waals surface area contributed by atoms with E-state index in [0.29, 0.717) is 18.9 Å². The van der Waals surface area contributed by atoms with Crippen molar-refractivity contribution >= 4 is 12.0 Å². The van der Waals surface area contributed by atoms with Crippen LogP contribution in [0.5, 0.6) is 0 Å². The van der Waals surface area contributed by atoms with Crippen LogP contribution in [0.2, 0.25) is 0 Å². The van der Waals surface area contributed by atoms with Gasteiger partial charge >= 0.3 is 6.09 Å². The Balaban J connectivity index is 1.64. The highest BCUT2D eigenvalue weighted by atomic mass is 19.1. The van der Waals surface area contributed by atoms with E-state index < -0.39 is 23.4 Å². The summed E-state index contributed by atoms with van der Waals surface area (Å²) in [5.74, 6) is -0.973. The summed E-state index contributed by atoms with van der Waals surface area (Å²) in [6.45, 7) is 6.30. The van der Waals surface area contributed by atoms with Gasteiger partial charge in [-0.3, -0.25) is 4.79 Å². The highest BCUT2D eigenvalue weighted by molar-refractivity contribution is 6.08. The molecule has 2 aliphatic heterocycles. The topological polar surface area (TPSA) is 110 Å². The van der Waals surface area contributed by atoms with Crippen molar-refractivity contribution < 1.29 is 23.5 Å². The molecule has 0 spiro atoms. The lowest BCUT2D eigenvalue weighted by molar-refractivity contribution is 0.0247. The third-order valence-electron chi connectivity index (χ3n) is 6.34. The number of benzene rings is 1. The third-order valence-corrected chi connectivity index (χ3v) is 6.34. The number of aromatic nitrogens is 3. The zero-order chi connectivity index (χ0) is 26.3. The Kier molecular flexibility index (Phi) is 6.25. The lowest BCUT2D eigenvalue weighted by atomic mass is 9.97. The van der Waals surface area contributed by atoms with Crippen LogP contribution in [-0.2, 0) is 16.0 Å². The van der Waals surface area contributed by atoms with Gasteiger partial charge < -0.3 is 9.47 Å². The Morgan fingerprint density at radius 3 is 2.68 bits per heavy atom. The molecule has 1 fully saturated rings. The number of amides is 2. The van der Waals surface area contributed by atoms with Crippen molar-refractivity contribution in [3.8, 4) is 23.0 Å². The van der Waals surface area contributed by atoms with Gasteiger partial charge in [0.15, 0.2) is 0 Å². The fraction of sp³-hybridized carbons (Fsp3) is 0.370. The number of nitrogens with zero attached hydrogens (tertiary/aromatic N) is 5. The number of halogens is 1. The molecule has 3 aromatic rings. The molecule has 0 N–H and O–H groups in total. The van der Waals surface area contributed by atoms with Crippen molar-refractivity contribution in [2.45, 2.75) is 51.7 Å². The largest absolute Gasteiger partial charge is 0.443 e. The van der Waals surface area contributed by atoms with E-state index in [9.17, 15) is 19.2 Å². The molecular formula is C27H26FN5O4. The smallest absolute Gasteiger partial charge is 0.417 e. The molecule has 9 nitrogen and oxygen atoms in total. The maximum atomic E-state index is 14.9. The van der Waals surface area contributed by atoms with Crippen molar-refractivity contribution in [1.29, 1.82) is 5.26 Å². The first-order valence-corrected chi connectivity index (χ1v) is 12.1. The van der Waals surface area contributed by atoms with Gasteiger partial charge in [0.2, 0.25) is 0 Å². The van der Waals surface area contributed by atoms with Crippen molar-refractivity contribution in [3.63, 3.8) is 0 Å². The summed E-state index contributed by atoms with van der Waals surface area (Å²) in [5, 5.41) is 14.3. The Morgan fingerprint density at radius 2 is 1.97 bits per heavy atom. The highest BCUT2D eigenvalue weighted by Crippen LogP contribution is 2.35. The predicted octanol–water partition coefficient (Wildman–Crippen LogP) is 4.73. The second-order valence-corrected chi connectivity index (χ2v) is 10.1. The molecule has 2 aromatic heterocycles. The molecule has 0 saturated carbocycles. The minimum atomic E-state index is -0.803. The van der Waals surface area contributed by atoms with E-state index in [2.05, 4.69) is 4.98 Å². The normalized spacial score (nSPS) is 16.0. The van der Waals surface area contributed by atoms with Crippen LogP contribution in [-0.4, -0.2) is 50.5 Å². The molecule has 0 radical (unpaired) electrons. The summed E-state index contributed by atoms with van der Waals surface area (Å²) in [4.78, 5) is 31.8. The first-order chi connectivity index (χ1) is 17.7. The number of hydrogen-bond donors (Lipinski definition) is 0. The number of carbonyl (C=O) groups is 2. The van der Waals surface area contributed by atoms with E-state index in [1.165, 1.54) is 24.3 Å². The molecule has 4 heterocycles. The van der Waals surface area contributed by atoms with Crippen LogP contribution in [0.15, 0.2) is 36.5 Å². The summed E-state index contributed by atoms with van der Waals surface area (Å²) in [6.07, 6.45) is 2.61. The van der Waals surface area contributed by atoms with Crippen LogP contribution >= 0.6 is 0 Å². The van der Waals surface area contributed by atoms with Crippen molar-refractivity contribution in [2.24, 2.45) is 0 Å². The number of rotatable bonds is 3. The summed E-state index contributed by atoms with van der Waals surface area (Å²) in [5.41, 5.74) is 1.16. The van der Waals surface area contributed by atoms with Gasteiger partial charge in [0.25, 0.3) is 5.91 Å². The molecule has 1 aromatic carbocycles. The summed E-state index contributed by atoms with van der Waals surface area (Å²) in [7, 11) is 0. The third kappa shape index (κ3) is 4.70. The molecule has 37 heavy (non-hydrogen) atoms. The van der Waals surface area contributed by atoms with Crippen molar-refractivity contribution in [3.05, 3.63) is 64.9 Å². The molecule has 1 saturated heterocycles. The summed E-state index contributed by atoms with van der Waals surface area (Å²) >= 11 is 0. The molecule has 5 rings (SSSR count). The van der Waals surface area contributed by atoms with Crippen LogP contribution < -0.4 is 0 Å². The SMILES string of the molecule is CC(C)(C)OC(=O)N1Cc2nc(-c3c(F)cccc3C#N)cc(-n3ccc(C4CCOCC4)n3)c2C1=O. The standard InChI is InChI=1S/C27H26FN5O4/c1-27(2,3)37-26(35)32-15-21-24(25(32)34)22(33-10-7-19(31-33)16-8-11-36-12-9-16)13-20(30-21)23-17(14-29)5-4-6-18(23)28/h4-7,10,13,16H,8-9,11-12,15H2,1-3H3. The average Bonchev–Trinajstić information content (AvgIpc) is 3.48. The van der Waals surface area contributed by atoms with E-state index in [1.807, 2.05) is 12.1 Å². The maximum absolute atomic E-state index is 14.9. The van der Waals surface area contributed by atoms with E-state index >= 15 is 0 Å². The molecule has 0 unspecified atom stereocenters. The van der Waals surface area contributed by atoms with E-state index in [0.717, 1.165) is 23.4 Å². The van der Waals surface area contributed by atoms with E-state index in [4.69, 9.17) is 14.6 Å². The Labute approximate surface area is 213 Å².